The number of ether oxygens (including phenoxy) is 1. The van der Waals surface area contributed by atoms with E-state index in [9.17, 15) is 23.7 Å². The van der Waals surface area contributed by atoms with Crippen LogP contribution in [0.4, 0.5) is 4.39 Å². The predicted octanol–water partition coefficient (Wildman–Crippen LogP) is 1.19. The number of aliphatic hydroxyl groups is 1. The number of hydrogen-bond donors (Lipinski definition) is 2. The predicted molar refractivity (Wildman–Crippen MR) is 91.5 cm³/mol. The van der Waals surface area contributed by atoms with E-state index in [1.807, 2.05) is 4.98 Å². The molecular weight excluding hydrogens is 382 g/mol. The fraction of sp³-hybridized carbons (Fsp3) is 0.375. The number of aryl methyl sites for hydroxylation is 1. The van der Waals surface area contributed by atoms with Crippen molar-refractivity contribution >= 4 is 8.25 Å². The minimum absolute atomic E-state index is 0.180. The molecule has 0 radical (unpaired) electrons. The fourth-order valence-corrected chi connectivity index (χ4v) is 3.18. The zero-order chi connectivity index (χ0) is 19.6. The Balaban J connectivity index is 1.65. The lowest BCUT2D eigenvalue weighted by Gasteiger charge is -2.16. The van der Waals surface area contributed by atoms with E-state index in [2.05, 4.69) is 0 Å². The average Bonchev–Trinajstić information content (AvgIpc) is 2.92. The number of rotatable bonds is 6. The maximum atomic E-state index is 14.4. The van der Waals surface area contributed by atoms with Crippen molar-refractivity contribution < 1.29 is 27.8 Å². The third-order valence-electron chi connectivity index (χ3n) is 3.98. The Morgan fingerprint density at radius 1 is 1.33 bits per heavy atom. The largest absolute Gasteiger partial charge is 0.750 e. The summed E-state index contributed by atoms with van der Waals surface area (Å²) in [5, 5.41) is 10.0. The minimum atomic E-state index is -2.57. The van der Waals surface area contributed by atoms with Gasteiger partial charge in [-0.3, -0.25) is 14.3 Å². The van der Waals surface area contributed by atoms with Crippen LogP contribution in [0.5, 0.6) is 5.75 Å². The molecule has 1 aliphatic rings. The summed E-state index contributed by atoms with van der Waals surface area (Å²) in [5.74, 6) is 0.322. The lowest BCUT2D eigenvalue weighted by molar-refractivity contribution is -0.0448. The highest BCUT2D eigenvalue weighted by Gasteiger charge is 2.47. The van der Waals surface area contributed by atoms with Gasteiger partial charge in [0, 0.05) is 16.3 Å². The summed E-state index contributed by atoms with van der Waals surface area (Å²) >= 11 is 0. The van der Waals surface area contributed by atoms with Crippen LogP contribution in [-0.2, 0) is 13.8 Å². The maximum Gasteiger partial charge on any atom is 0.750 e. The van der Waals surface area contributed by atoms with E-state index in [-0.39, 0.29) is 5.56 Å². The molecule has 0 amide bonds. The van der Waals surface area contributed by atoms with Crippen LogP contribution in [0.25, 0.3) is 0 Å². The number of aromatic amines is 1. The van der Waals surface area contributed by atoms with Crippen LogP contribution in [0.15, 0.2) is 46.1 Å². The average molecular weight is 399 g/mol. The first-order chi connectivity index (χ1) is 12.9. The number of nitrogens with zero attached hydrogens (tertiary/aromatic N) is 1. The molecule has 1 saturated heterocycles. The summed E-state index contributed by atoms with van der Waals surface area (Å²) in [6, 6.07) is 8.28. The first kappa shape index (κ1) is 19.4. The molecule has 3 rings (SSSR count). The molecule has 0 bridgehead atoms. The number of alkyl halides is 1. The SMILES string of the molecule is Cc1cn([C@H]2O[C@@H](CO[P+](=O)Oc3ccccc3)C(O)[C@H]2F)c(=O)[nH]c1=O. The van der Waals surface area contributed by atoms with Gasteiger partial charge in [-0.25, -0.2) is 13.7 Å². The summed E-state index contributed by atoms with van der Waals surface area (Å²) in [6.45, 7) is 1.02. The second kappa shape index (κ2) is 8.10. The second-order valence-corrected chi connectivity index (χ2v) is 6.79. The molecular formula is C16H17FN2O7P+. The Labute approximate surface area is 153 Å². The van der Waals surface area contributed by atoms with Crippen LogP contribution in [-0.4, -0.2) is 39.6 Å². The van der Waals surface area contributed by atoms with E-state index in [1.165, 1.54) is 6.92 Å². The van der Waals surface area contributed by atoms with Gasteiger partial charge in [0.1, 0.15) is 18.8 Å². The number of nitrogens with one attached hydrogen (secondary N) is 1. The lowest BCUT2D eigenvalue weighted by atomic mass is 10.1. The van der Waals surface area contributed by atoms with Crippen molar-refractivity contribution in [3.63, 3.8) is 0 Å². The number of aliphatic hydroxyl groups excluding tert-OH is 1. The number of aromatic nitrogens is 2. The van der Waals surface area contributed by atoms with Crippen LogP contribution in [0.2, 0.25) is 0 Å². The fourth-order valence-electron chi connectivity index (χ4n) is 2.57. The number of halogens is 1. The molecule has 2 N–H and O–H groups in total. The lowest BCUT2D eigenvalue weighted by Crippen LogP contribution is -2.36. The van der Waals surface area contributed by atoms with Crippen molar-refractivity contribution in [1.29, 1.82) is 0 Å². The van der Waals surface area contributed by atoms with Crippen LogP contribution in [0, 0.1) is 6.92 Å². The quantitative estimate of drug-likeness (QED) is 0.701. The number of hydrogen-bond acceptors (Lipinski definition) is 7. The van der Waals surface area contributed by atoms with E-state index in [0.29, 0.717) is 5.75 Å². The Kier molecular flexibility index (Phi) is 5.81. The first-order valence-electron chi connectivity index (χ1n) is 7.99. The Hall–Kier alpha value is -2.39. The zero-order valence-corrected chi connectivity index (χ0v) is 15.0. The van der Waals surface area contributed by atoms with Crippen molar-refractivity contribution in [2.24, 2.45) is 0 Å². The van der Waals surface area contributed by atoms with Gasteiger partial charge in [-0.15, -0.1) is 4.52 Å². The summed E-state index contributed by atoms with van der Waals surface area (Å²) in [6.07, 6.45) is -5.05. The van der Waals surface area contributed by atoms with Crippen LogP contribution in [0.3, 0.4) is 0 Å². The highest BCUT2D eigenvalue weighted by atomic mass is 31.1. The van der Waals surface area contributed by atoms with Crippen LogP contribution < -0.4 is 15.8 Å². The van der Waals surface area contributed by atoms with Crippen molar-refractivity contribution in [3.05, 3.63) is 62.9 Å². The topological polar surface area (TPSA) is 120 Å². The summed E-state index contributed by atoms with van der Waals surface area (Å²) in [4.78, 5) is 25.4. The molecule has 144 valence electrons. The molecule has 1 fully saturated rings. The Bertz CT molecular complexity index is 932. The standard InChI is InChI=1S/C16H16FN2O7P/c1-9-7-19(16(22)18-14(9)21)15-12(17)13(20)11(25-15)8-24-27(23)26-10-5-3-2-4-6-10/h2-7,11-13,15,20H,8H2,1H3/p+1/t11-,12+,13?,15-/m0/s1. The van der Waals surface area contributed by atoms with Crippen molar-refractivity contribution in [2.75, 3.05) is 6.61 Å². The summed E-state index contributed by atoms with van der Waals surface area (Å²) in [7, 11) is -2.57. The van der Waals surface area contributed by atoms with Gasteiger partial charge < -0.3 is 9.84 Å². The van der Waals surface area contributed by atoms with Gasteiger partial charge in [-0.2, -0.15) is 0 Å². The van der Waals surface area contributed by atoms with E-state index in [4.69, 9.17) is 13.8 Å². The Morgan fingerprint density at radius 2 is 2.04 bits per heavy atom. The molecule has 11 heteroatoms. The molecule has 0 aliphatic carbocycles. The Morgan fingerprint density at radius 3 is 2.74 bits per heavy atom. The molecule has 0 saturated carbocycles. The highest BCUT2D eigenvalue weighted by molar-refractivity contribution is 7.33. The van der Waals surface area contributed by atoms with Gasteiger partial charge in [0.15, 0.2) is 18.1 Å². The molecule has 27 heavy (non-hydrogen) atoms. The summed E-state index contributed by atoms with van der Waals surface area (Å²) < 4.78 is 42.5. The van der Waals surface area contributed by atoms with E-state index in [1.54, 1.807) is 30.3 Å². The molecule has 2 aromatic rings. The molecule has 9 nitrogen and oxygen atoms in total. The van der Waals surface area contributed by atoms with Crippen molar-refractivity contribution in [1.82, 2.24) is 9.55 Å². The highest BCUT2D eigenvalue weighted by Crippen LogP contribution is 2.34. The number of H-pyrrole nitrogens is 1. The maximum absolute atomic E-state index is 14.4. The normalized spacial score (nSPS) is 25.4. The third kappa shape index (κ3) is 4.30. The van der Waals surface area contributed by atoms with E-state index >= 15 is 0 Å². The third-order valence-corrected chi connectivity index (χ3v) is 4.70. The van der Waals surface area contributed by atoms with E-state index in [0.717, 1.165) is 10.8 Å². The first-order valence-corrected chi connectivity index (χ1v) is 9.09. The van der Waals surface area contributed by atoms with Crippen molar-refractivity contribution in [3.8, 4) is 5.75 Å². The van der Waals surface area contributed by atoms with Gasteiger partial charge in [0.2, 0.25) is 0 Å². The van der Waals surface area contributed by atoms with Gasteiger partial charge in [0.05, 0.1) is 0 Å². The summed E-state index contributed by atoms with van der Waals surface area (Å²) in [5.41, 5.74) is -1.29. The molecule has 0 spiro atoms. The smallest absolute Gasteiger partial charge is 0.387 e. The van der Waals surface area contributed by atoms with Gasteiger partial charge in [-0.1, -0.05) is 18.2 Å². The molecule has 1 aliphatic heterocycles. The van der Waals surface area contributed by atoms with Crippen LogP contribution in [0.1, 0.15) is 11.8 Å². The molecule has 2 unspecified atom stereocenters. The molecule has 5 atom stereocenters. The number of para-hydroxylation sites is 1. The molecule has 1 aromatic heterocycles. The monoisotopic (exact) mass is 399 g/mol. The van der Waals surface area contributed by atoms with Gasteiger partial charge in [0.25, 0.3) is 5.56 Å². The van der Waals surface area contributed by atoms with Gasteiger partial charge in [-0.05, 0) is 19.1 Å². The van der Waals surface area contributed by atoms with E-state index < -0.39 is 50.7 Å². The van der Waals surface area contributed by atoms with Gasteiger partial charge >= 0.3 is 13.9 Å². The van der Waals surface area contributed by atoms with Crippen molar-refractivity contribution in [2.45, 2.75) is 31.5 Å². The molecule has 1 aromatic carbocycles. The van der Waals surface area contributed by atoms with Crippen LogP contribution >= 0.6 is 8.25 Å². The molecule has 2 heterocycles. The second-order valence-electron chi connectivity index (χ2n) is 5.90. The number of benzene rings is 1. The minimum Gasteiger partial charge on any atom is -0.387 e. The zero-order valence-electron chi connectivity index (χ0n) is 14.1.